The highest BCUT2D eigenvalue weighted by Crippen LogP contribution is 2.54. The standard InChI is InChI=1S/C25H31N3O2S/c1-4-27(5-2)25(29)16-9-12-20-23(13-16)31-24-21(7-6-8-22(24)30-3)28(20)19-14-17-10-11-18(15-19)26-17/h6-9,12-13,17-19,26H,4-5,10-11,14-15H2,1-3H3. The molecule has 5 rings (SSSR count). The number of anilines is 2. The van der Waals surface area contributed by atoms with Gasteiger partial charge in [0.15, 0.2) is 0 Å². The molecule has 0 aromatic heterocycles. The lowest BCUT2D eigenvalue weighted by atomic mass is 9.96. The summed E-state index contributed by atoms with van der Waals surface area (Å²) in [7, 11) is 1.74. The Morgan fingerprint density at radius 2 is 1.87 bits per heavy atom. The molecule has 1 N–H and O–H groups in total. The number of carbonyl (C=O) groups excluding carboxylic acids is 1. The van der Waals surface area contributed by atoms with Crippen LogP contribution in [0.5, 0.6) is 5.75 Å². The van der Waals surface area contributed by atoms with Crippen molar-refractivity contribution in [1.82, 2.24) is 10.2 Å². The van der Waals surface area contributed by atoms with Gasteiger partial charge in [0, 0.05) is 41.7 Å². The summed E-state index contributed by atoms with van der Waals surface area (Å²) in [4.78, 5) is 19.7. The van der Waals surface area contributed by atoms with Crippen molar-refractivity contribution in [3.8, 4) is 5.75 Å². The largest absolute Gasteiger partial charge is 0.495 e. The number of ether oxygens (including phenoxy) is 1. The lowest BCUT2D eigenvalue weighted by Crippen LogP contribution is -2.47. The SMILES string of the molecule is CCN(CC)C(=O)c1ccc2c(c1)Sc1c(OC)cccc1N2C1CC2CCC(C1)N2. The molecule has 0 spiro atoms. The average Bonchev–Trinajstić information content (AvgIpc) is 3.14. The van der Waals surface area contributed by atoms with Gasteiger partial charge in [-0.15, -0.1) is 0 Å². The molecule has 2 aromatic carbocycles. The molecule has 0 saturated carbocycles. The van der Waals surface area contributed by atoms with Crippen LogP contribution in [-0.2, 0) is 0 Å². The van der Waals surface area contributed by atoms with Gasteiger partial charge in [-0.2, -0.15) is 0 Å². The molecule has 0 aliphatic carbocycles. The predicted molar refractivity (Wildman–Crippen MR) is 126 cm³/mol. The summed E-state index contributed by atoms with van der Waals surface area (Å²) < 4.78 is 5.73. The number of nitrogens with one attached hydrogen (secondary N) is 1. The Labute approximate surface area is 189 Å². The number of fused-ring (bicyclic) bond motifs is 4. The maximum Gasteiger partial charge on any atom is 0.253 e. The number of rotatable bonds is 5. The van der Waals surface area contributed by atoms with Crippen molar-refractivity contribution in [2.24, 2.45) is 0 Å². The van der Waals surface area contributed by atoms with Crippen LogP contribution in [0, 0.1) is 0 Å². The van der Waals surface area contributed by atoms with Crippen LogP contribution in [0.15, 0.2) is 46.2 Å². The van der Waals surface area contributed by atoms with E-state index in [9.17, 15) is 4.79 Å². The minimum Gasteiger partial charge on any atom is -0.495 e. The topological polar surface area (TPSA) is 44.8 Å². The van der Waals surface area contributed by atoms with Crippen molar-refractivity contribution < 1.29 is 9.53 Å². The Hall–Kier alpha value is -2.18. The molecule has 1 amide bonds. The van der Waals surface area contributed by atoms with Crippen molar-refractivity contribution in [3.63, 3.8) is 0 Å². The second-order valence-corrected chi connectivity index (χ2v) is 9.76. The third-order valence-corrected chi connectivity index (χ3v) is 8.14. The van der Waals surface area contributed by atoms with E-state index in [-0.39, 0.29) is 5.91 Å². The van der Waals surface area contributed by atoms with Crippen LogP contribution >= 0.6 is 11.8 Å². The van der Waals surface area contributed by atoms with E-state index < -0.39 is 0 Å². The molecule has 5 nitrogen and oxygen atoms in total. The first-order valence-electron chi connectivity index (χ1n) is 11.5. The lowest BCUT2D eigenvalue weighted by molar-refractivity contribution is 0.0773. The molecule has 31 heavy (non-hydrogen) atoms. The fourth-order valence-corrected chi connectivity index (χ4v) is 6.65. The highest BCUT2D eigenvalue weighted by atomic mass is 32.2. The maximum atomic E-state index is 13.0. The molecule has 6 heteroatoms. The summed E-state index contributed by atoms with van der Waals surface area (Å²) in [5.74, 6) is 1.00. The van der Waals surface area contributed by atoms with E-state index in [0.717, 1.165) is 47.0 Å². The molecule has 2 aromatic rings. The molecule has 3 aliphatic rings. The minimum absolute atomic E-state index is 0.102. The van der Waals surface area contributed by atoms with Gasteiger partial charge in [0.1, 0.15) is 5.75 Å². The third kappa shape index (κ3) is 3.60. The predicted octanol–water partition coefficient (Wildman–Crippen LogP) is 5.06. The fraction of sp³-hybridized carbons (Fsp3) is 0.480. The number of hydrogen-bond donors (Lipinski definition) is 1. The molecule has 2 fully saturated rings. The summed E-state index contributed by atoms with van der Waals surface area (Å²) in [5, 5.41) is 3.77. The lowest BCUT2D eigenvalue weighted by Gasteiger charge is -2.43. The van der Waals surface area contributed by atoms with E-state index in [2.05, 4.69) is 34.5 Å². The summed E-state index contributed by atoms with van der Waals surface area (Å²) in [5.41, 5.74) is 3.21. The highest BCUT2D eigenvalue weighted by molar-refractivity contribution is 7.99. The van der Waals surface area contributed by atoms with Crippen molar-refractivity contribution in [2.45, 2.75) is 67.4 Å². The van der Waals surface area contributed by atoms with Gasteiger partial charge in [0.05, 0.1) is 23.4 Å². The van der Waals surface area contributed by atoms with Crippen LogP contribution in [0.3, 0.4) is 0 Å². The van der Waals surface area contributed by atoms with E-state index in [0.29, 0.717) is 18.1 Å². The van der Waals surface area contributed by atoms with Crippen LogP contribution in [-0.4, -0.2) is 49.1 Å². The van der Waals surface area contributed by atoms with Crippen molar-refractivity contribution >= 4 is 29.0 Å². The Morgan fingerprint density at radius 3 is 2.55 bits per heavy atom. The zero-order valence-electron chi connectivity index (χ0n) is 18.6. The van der Waals surface area contributed by atoms with Crippen LogP contribution < -0.4 is 15.0 Å². The zero-order valence-corrected chi connectivity index (χ0v) is 19.4. The number of methoxy groups -OCH3 is 1. The second-order valence-electron chi connectivity index (χ2n) is 8.70. The van der Waals surface area contributed by atoms with Gasteiger partial charge >= 0.3 is 0 Å². The van der Waals surface area contributed by atoms with Gasteiger partial charge in [0.2, 0.25) is 0 Å². The van der Waals surface area contributed by atoms with E-state index in [1.165, 1.54) is 24.2 Å². The van der Waals surface area contributed by atoms with E-state index >= 15 is 0 Å². The minimum atomic E-state index is 0.102. The van der Waals surface area contributed by atoms with Gasteiger partial charge in [-0.25, -0.2) is 0 Å². The first-order chi connectivity index (χ1) is 15.1. The van der Waals surface area contributed by atoms with Crippen LogP contribution in [0.1, 0.15) is 49.9 Å². The summed E-state index contributed by atoms with van der Waals surface area (Å²) in [6.45, 7) is 5.51. The van der Waals surface area contributed by atoms with Crippen molar-refractivity contribution in [3.05, 3.63) is 42.0 Å². The van der Waals surface area contributed by atoms with Gasteiger partial charge in [0.25, 0.3) is 5.91 Å². The Morgan fingerprint density at radius 1 is 1.13 bits per heavy atom. The van der Waals surface area contributed by atoms with E-state index in [1.54, 1.807) is 18.9 Å². The van der Waals surface area contributed by atoms with Crippen molar-refractivity contribution in [2.75, 3.05) is 25.1 Å². The monoisotopic (exact) mass is 437 g/mol. The Balaban J connectivity index is 1.58. The molecule has 164 valence electrons. The number of piperidine rings is 1. The summed E-state index contributed by atoms with van der Waals surface area (Å²) >= 11 is 1.72. The Kier molecular flexibility index (Phi) is 5.61. The molecular formula is C25H31N3O2S. The van der Waals surface area contributed by atoms with Crippen LogP contribution in [0.4, 0.5) is 11.4 Å². The molecule has 3 aliphatic heterocycles. The molecule has 3 heterocycles. The van der Waals surface area contributed by atoms with Crippen LogP contribution in [0.25, 0.3) is 0 Å². The summed E-state index contributed by atoms with van der Waals surface area (Å²) in [6.07, 6.45) is 4.85. The molecular weight excluding hydrogens is 406 g/mol. The fourth-order valence-electron chi connectivity index (χ4n) is 5.45. The van der Waals surface area contributed by atoms with Crippen LogP contribution in [0.2, 0.25) is 0 Å². The molecule has 0 radical (unpaired) electrons. The number of carbonyl (C=O) groups is 1. The quantitative estimate of drug-likeness (QED) is 0.708. The average molecular weight is 438 g/mol. The van der Waals surface area contributed by atoms with E-state index in [1.807, 2.05) is 30.9 Å². The first-order valence-corrected chi connectivity index (χ1v) is 12.3. The number of benzene rings is 2. The van der Waals surface area contributed by atoms with E-state index in [4.69, 9.17) is 4.74 Å². The summed E-state index contributed by atoms with van der Waals surface area (Å²) in [6, 6.07) is 14.3. The first kappa shape index (κ1) is 20.7. The number of amides is 1. The molecule has 2 bridgehead atoms. The van der Waals surface area contributed by atoms with Gasteiger partial charge in [-0.3, -0.25) is 4.79 Å². The highest BCUT2D eigenvalue weighted by Gasteiger charge is 2.39. The second kappa shape index (κ2) is 8.40. The maximum absolute atomic E-state index is 13.0. The molecule has 2 unspecified atom stereocenters. The smallest absolute Gasteiger partial charge is 0.253 e. The molecule has 2 atom stereocenters. The van der Waals surface area contributed by atoms with Gasteiger partial charge < -0.3 is 19.9 Å². The van der Waals surface area contributed by atoms with Crippen molar-refractivity contribution in [1.29, 1.82) is 0 Å². The zero-order chi connectivity index (χ0) is 21.5. The normalized spacial score (nSPS) is 23.8. The Bertz CT molecular complexity index is 979. The van der Waals surface area contributed by atoms with Gasteiger partial charge in [-0.1, -0.05) is 17.8 Å². The number of hydrogen-bond acceptors (Lipinski definition) is 5. The third-order valence-electron chi connectivity index (χ3n) is 6.98. The van der Waals surface area contributed by atoms with Gasteiger partial charge in [-0.05, 0) is 69.9 Å². The number of nitrogens with zero attached hydrogens (tertiary/aromatic N) is 2. The molecule has 2 saturated heterocycles.